The number of aromatic nitrogens is 4. The first-order valence-corrected chi connectivity index (χ1v) is 16.4. The van der Waals surface area contributed by atoms with Crippen molar-refractivity contribution >= 4 is 29.3 Å². The minimum atomic E-state index is -1.04. The van der Waals surface area contributed by atoms with Crippen molar-refractivity contribution in [3.8, 4) is 22.5 Å². The van der Waals surface area contributed by atoms with Gasteiger partial charge in [-0.15, -0.1) is 10.2 Å². The number of H-pyrrole nitrogens is 1. The second-order valence-corrected chi connectivity index (χ2v) is 12.3. The number of nitrogens with one attached hydrogen (secondary N) is 4. The fourth-order valence-electron chi connectivity index (χ4n) is 6.33. The molecule has 2 fully saturated rings. The van der Waals surface area contributed by atoms with Crippen LogP contribution in [-0.2, 0) is 20.7 Å². The van der Waals surface area contributed by atoms with E-state index in [1.54, 1.807) is 24.3 Å². The number of carboxylic acid groups (broad SMARTS) is 1. The number of carbonyl (C=O) groups is 3. The molecule has 6 rings (SSSR count). The van der Waals surface area contributed by atoms with Gasteiger partial charge in [0, 0.05) is 48.9 Å². The van der Waals surface area contributed by atoms with E-state index in [9.17, 15) is 14.4 Å². The van der Waals surface area contributed by atoms with Crippen molar-refractivity contribution in [2.75, 3.05) is 43.1 Å². The SMILES string of the molecule is O=C(O)NCC1CCC(C(=O)N[C@@H](Cc2ccc(-c3ccc(N4CCOCC4)cc3)cc2)C(=O)Nc2ccc(-c3nn[nH]n3)cc2)CC1. The number of benzene rings is 3. The fourth-order valence-corrected chi connectivity index (χ4v) is 6.33. The number of nitrogens with zero attached hydrogens (tertiary/aromatic N) is 4. The predicted octanol–water partition coefficient (Wildman–Crippen LogP) is 4.11. The summed E-state index contributed by atoms with van der Waals surface area (Å²) in [6, 6.07) is 22.9. The van der Waals surface area contributed by atoms with Crippen molar-refractivity contribution in [2.24, 2.45) is 11.8 Å². The molecule has 1 aliphatic heterocycles. The van der Waals surface area contributed by atoms with Crippen molar-refractivity contribution in [2.45, 2.75) is 38.1 Å². The van der Waals surface area contributed by atoms with Gasteiger partial charge in [0.25, 0.3) is 0 Å². The summed E-state index contributed by atoms with van der Waals surface area (Å²) in [4.78, 5) is 40.3. The van der Waals surface area contributed by atoms with Crippen molar-refractivity contribution < 1.29 is 24.2 Å². The molecule has 0 unspecified atom stereocenters. The normalized spacial score (nSPS) is 18.5. The molecule has 3 amide bonds. The fraction of sp³-hybridized carbons (Fsp3) is 0.371. The number of morpholine rings is 1. The van der Waals surface area contributed by atoms with Crippen LogP contribution in [0.15, 0.2) is 72.8 Å². The Bertz CT molecular complexity index is 1650. The molecule has 13 heteroatoms. The number of ether oxygens (including phenoxy) is 1. The predicted molar refractivity (Wildman–Crippen MR) is 180 cm³/mol. The summed E-state index contributed by atoms with van der Waals surface area (Å²) in [6.07, 6.45) is 2.05. The number of amides is 3. The van der Waals surface area contributed by atoms with Crippen LogP contribution in [0.25, 0.3) is 22.5 Å². The standard InChI is InChI=1S/C35H40N8O5/c44-33(28-7-3-24(4-8-28)22-36-35(46)47)38-31(34(45)37-29-13-9-27(10-14-29)32-39-41-42-40-32)21-23-1-5-25(6-2-23)26-11-15-30(16-12-26)43-17-19-48-20-18-43/h1-2,5-6,9-16,24,28,31,36H,3-4,7-8,17-22H2,(H,37,45)(H,38,44)(H,46,47)(H,39,40,41,42)/t24?,28?,31-/m0/s1. The van der Waals surface area contributed by atoms with Gasteiger partial charge in [-0.3, -0.25) is 9.59 Å². The lowest BCUT2D eigenvalue weighted by molar-refractivity contribution is -0.130. The summed E-state index contributed by atoms with van der Waals surface area (Å²) in [5, 5.41) is 31.3. The quantitative estimate of drug-likeness (QED) is 0.160. The molecule has 1 saturated heterocycles. The molecule has 48 heavy (non-hydrogen) atoms. The zero-order chi connectivity index (χ0) is 33.3. The molecule has 13 nitrogen and oxygen atoms in total. The molecule has 1 atom stereocenters. The minimum Gasteiger partial charge on any atom is -0.465 e. The van der Waals surface area contributed by atoms with Gasteiger partial charge in [0.15, 0.2) is 0 Å². The van der Waals surface area contributed by atoms with Gasteiger partial charge in [-0.05, 0) is 89.9 Å². The number of aromatic amines is 1. The van der Waals surface area contributed by atoms with Gasteiger partial charge in [0.05, 0.1) is 13.2 Å². The first kappa shape index (κ1) is 32.6. The largest absolute Gasteiger partial charge is 0.465 e. The molecular formula is C35H40N8O5. The van der Waals surface area contributed by atoms with E-state index in [0.29, 0.717) is 37.3 Å². The Morgan fingerprint density at radius 2 is 1.52 bits per heavy atom. The van der Waals surface area contributed by atoms with E-state index in [2.05, 4.69) is 65.7 Å². The Morgan fingerprint density at radius 3 is 2.15 bits per heavy atom. The molecule has 1 saturated carbocycles. The minimum absolute atomic E-state index is 0.163. The topological polar surface area (TPSA) is 174 Å². The monoisotopic (exact) mass is 652 g/mol. The van der Waals surface area contributed by atoms with E-state index >= 15 is 0 Å². The molecule has 3 aromatic carbocycles. The average molecular weight is 653 g/mol. The number of anilines is 2. The maximum atomic E-state index is 13.7. The molecule has 250 valence electrons. The summed E-state index contributed by atoms with van der Waals surface area (Å²) in [5.74, 6) is -0.0721. The van der Waals surface area contributed by atoms with Gasteiger partial charge in [0.1, 0.15) is 6.04 Å². The van der Waals surface area contributed by atoms with Gasteiger partial charge in [-0.2, -0.15) is 5.21 Å². The Morgan fingerprint density at radius 1 is 0.875 bits per heavy atom. The van der Waals surface area contributed by atoms with Crippen LogP contribution in [0.2, 0.25) is 0 Å². The van der Waals surface area contributed by atoms with Crippen LogP contribution in [0, 0.1) is 11.8 Å². The number of tetrazole rings is 1. The Kier molecular flexibility index (Phi) is 10.6. The molecule has 0 radical (unpaired) electrons. The molecule has 2 heterocycles. The third kappa shape index (κ3) is 8.53. The number of hydrogen-bond acceptors (Lipinski definition) is 8. The van der Waals surface area contributed by atoms with Crippen molar-refractivity contribution in [1.82, 2.24) is 31.3 Å². The summed E-state index contributed by atoms with van der Waals surface area (Å²) in [6.45, 7) is 3.63. The first-order chi connectivity index (χ1) is 23.4. The Balaban J connectivity index is 1.12. The van der Waals surface area contributed by atoms with Gasteiger partial charge >= 0.3 is 6.09 Å². The van der Waals surface area contributed by atoms with E-state index in [4.69, 9.17) is 9.84 Å². The van der Waals surface area contributed by atoms with Gasteiger partial charge < -0.3 is 30.7 Å². The van der Waals surface area contributed by atoms with Gasteiger partial charge in [-0.1, -0.05) is 36.4 Å². The molecular weight excluding hydrogens is 612 g/mol. The van der Waals surface area contributed by atoms with Crippen molar-refractivity contribution in [3.05, 3.63) is 78.4 Å². The van der Waals surface area contributed by atoms with Gasteiger partial charge in [0.2, 0.25) is 17.6 Å². The molecule has 1 aliphatic carbocycles. The van der Waals surface area contributed by atoms with Gasteiger partial charge in [-0.25, -0.2) is 4.79 Å². The summed E-state index contributed by atoms with van der Waals surface area (Å²) >= 11 is 0. The smallest absolute Gasteiger partial charge is 0.404 e. The highest BCUT2D eigenvalue weighted by molar-refractivity contribution is 5.97. The maximum absolute atomic E-state index is 13.7. The third-order valence-electron chi connectivity index (χ3n) is 9.12. The highest BCUT2D eigenvalue weighted by atomic mass is 16.5. The second kappa shape index (κ2) is 15.5. The molecule has 0 bridgehead atoms. The molecule has 4 aromatic rings. The van der Waals surface area contributed by atoms with E-state index in [-0.39, 0.29) is 23.7 Å². The van der Waals surface area contributed by atoms with Crippen LogP contribution >= 0.6 is 0 Å². The van der Waals surface area contributed by atoms with E-state index in [0.717, 1.165) is 61.4 Å². The third-order valence-corrected chi connectivity index (χ3v) is 9.12. The highest BCUT2D eigenvalue weighted by Crippen LogP contribution is 2.29. The summed E-state index contributed by atoms with van der Waals surface area (Å²) < 4.78 is 5.47. The van der Waals surface area contributed by atoms with Crippen LogP contribution in [0.1, 0.15) is 31.2 Å². The second-order valence-electron chi connectivity index (χ2n) is 12.3. The zero-order valence-electron chi connectivity index (χ0n) is 26.6. The summed E-state index contributed by atoms with van der Waals surface area (Å²) in [5.41, 5.74) is 5.58. The van der Waals surface area contributed by atoms with E-state index in [1.807, 2.05) is 24.3 Å². The van der Waals surface area contributed by atoms with E-state index in [1.165, 1.54) is 5.69 Å². The maximum Gasteiger partial charge on any atom is 0.404 e. The van der Waals surface area contributed by atoms with Crippen LogP contribution < -0.4 is 20.9 Å². The highest BCUT2D eigenvalue weighted by Gasteiger charge is 2.30. The zero-order valence-corrected chi connectivity index (χ0v) is 26.6. The number of carbonyl (C=O) groups excluding carboxylic acids is 2. The molecule has 2 aliphatic rings. The lowest BCUT2D eigenvalue weighted by Crippen LogP contribution is -2.48. The molecule has 1 aromatic heterocycles. The summed E-state index contributed by atoms with van der Waals surface area (Å²) in [7, 11) is 0. The molecule has 0 spiro atoms. The Hall–Kier alpha value is -5.30. The first-order valence-electron chi connectivity index (χ1n) is 16.4. The van der Waals surface area contributed by atoms with Crippen LogP contribution in [0.5, 0.6) is 0 Å². The van der Waals surface area contributed by atoms with Crippen molar-refractivity contribution in [1.29, 1.82) is 0 Å². The average Bonchev–Trinajstić information content (AvgIpc) is 3.67. The Labute approximate surface area is 278 Å². The lowest BCUT2D eigenvalue weighted by atomic mass is 9.81. The van der Waals surface area contributed by atoms with Crippen LogP contribution in [0.4, 0.5) is 16.2 Å². The lowest BCUT2D eigenvalue weighted by Gasteiger charge is -2.29. The molecule has 5 N–H and O–H groups in total. The van der Waals surface area contributed by atoms with Crippen molar-refractivity contribution in [3.63, 3.8) is 0 Å². The number of rotatable bonds is 11. The van der Waals surface area contributed by atoms with E-state index < -0.39 is 12.1 Å². The van der Waals surface area contributed by atoms with Crippen LogP contribution in [0.3, 0.4) is 0 Å². The van der Waals surface area contributed by atoms with Crippen LogP contribution in [-0.4, -0.2) is 82.5 Å². The number of hydrogen-bond donors (Lipinski definition) is 5.